The Morgan fingerprint density at radius 2 is 1.79 bits per heavy atom. The molecule has 8 heteroatoms. The molecule has 1 N–H and O–H groups in total. The molecule has 34 heavy (non-hydrogen) atoms. The predicted octanol–water partition coefficient (Wildman–Crippen LogP) is 4.17. The Morgan fingerprint density at radius 1 is 0.971 bits per heavy atom. The van der Waals surface area contributed by atoms with Gasteiger partial charge in [-0.2, -0.15) is 0 Å². The fourth-order valence-corrected chi connectivity index (χ4v) is 5.41. The molecule has 5 rings (SSSR count). The first kappa shape index (κ1) is 22.8. The number of fused-ring (bicyclic) bond motifs is 1. The summed E-state index contributed by atoms with van der Waals surface area (Å²) in [6.07, 6.45) is 4.88. The van der Waals surface area contributed by atoms with E-state index in [1.54, 1.807) is 6.07 Å². The van der Waals surface area contributed by atoms with E-state index in [0.29, 0.717) is 30.7 Å². The molecule has 0 spiro atoms. The fourth-order valence-electron chi connectivity index (χ4n) is 4.56. The number of aryl methyl sites for hydroxylation is 1. The van der Waals surface area contributed by atoms with Crippen molar-refractivity contribution in [3.8, 4) is 0 Å². The molecule has 0 saturated carbocycles. The summed E-state index contributed by atoms with van der Waals surface area (Å²) < 4.78 is 2.16. The molecule has 1 amide bonds. The lowest BCUT2D eigenvalue weighted by atomic mass is 9.99. The van der Waals surface area contributed by atoms with Gasteiger partial charge in [-0.15, -0.1) is 10.2 Å². The highest BCUT2D eigenvalue weighted by molar-refractivity contribution is 7.99. The van der Waals surface area contributed by atoms with Gasteiger partial charge in [-0.25, -0.2) is 0 Å². The summed E-state index contributed by atoms with van der Waals surface area (Å²) in [6.45, 7) is 3.66. The number of aromatic nitrogens is 3. The van der Waals surface area contributed by atoms with Crippen LogP contribution in [0.4, 0.5) is 5.69 Å². The van der Waals surface area contributed by atoms with Gasteiger partial charge in [-0.3, -0.25) is 14.5 Å². The summed E-state index contributed by atoms with van der Waals surface area (Å²) in [7, 11) is 0. The van der Waals surface area contributed by atoms with E-state index < -0.39 is 0 Å². The van der Waals surface area contributed by atoms with Gasteiger partial charge in [0.05, 0.1) is 18.8 Å². The molecule has 176 valence electrons. The van der Waals surface area contributed by atoms with Crippen LogP contribution in [0.3, 0.4) is 0 Å². The molecule has 0 radical (unpaired) electrons. The second kappa shape index (κ2) is 10.5. The number of rotatable bonds is 8. The first-order chi connectivity index (χ1) is 16.7. The highest BCUT2D eigenvalue weighted by Crippen LogP contribution is 2.26. The van der Waals surface area contributed by atoms with Crippen molar-refractivity contribution in [1.29, 1.82) is 0 Å². The summed E-state index contributed by atoms with van der Waals surface area (Å²) >= 11 is 1.44. The summed E-state index contributed by atoms with van der Waals surface area (Å²) in [5.41, 5.74) is 3.69. The third-order valence-electron chi connectivity index (χ3n) is 6.45. The van der Waals surface area contributed by atoms with Gasteiger partial charge in [0.2, 0.25) is 5.91 Å². The van der Waals surface area contributed by atoms with Crippen LogP contribution in [0.1, 0.15) is 53.0 Å². The molecule has 7 nitrogen and oxygen atoms in total. The Balaban J connectivity index is 1.31. The van der Waals surface area contributed by atoms with Crippen LogP contribution in [0, 0.1) is 0 Å². The van der Waals surface area contributed by atoms with Crippen molar-refractivity contribution >= 4 is 29.1 Å². The van der Waals surface area contributed by atoms with Crippen LogP contribution in [0.2, 0.25) is 0 Å². The van der Waals surface area contributed by atoms with Gasteiger partial charge in [0.1, 0.15) is 5.82 Å². The quantitative estimate of drug-likeness (QED) is 0.389. The van der Waals surface area contributed by atoms with Gasteiger partial charge >= 0.3 is 0 Å². The normalized spacial score (nSPS) is 16.2. The molecule has 0 bridgehead atoms. The molecule has 2 aliphatic rings. The number of thioether (sulfide) groups is 1. The number of carbonyl (C=O) groups excluding carboxylic acids is 2. The molecular weight excluding hydrogens is 446 g/mol. The number of nitrogens with zero attached hydrogens (tertiary/aromatic N) is 4. The van der Waals surface area contributed by atoms with Gasteiger partial charge in [-0.05, 0) is 61.7 Å². The number of amides is 1. The van der Waals surface area contributed by atoms with Gasteiger partial charge < -0.3 is 9.88 Å². The molecule has 2 aromatic carbocycles. The maximum atomic E-state index is 13.0. The zero-order chi connectivity index (χ0) is 23.3. The van der Waals surface area contributed by atoms with E-state index in [-0.39, 0.29) is 11.7 Å². The summed E-state index contributed by atoms with van der Waals surface area (Å²) in [5.74, 6) is 1.32. The number of anilines is 1. The van der Waals surface area contributed by atoms with Crippen LogP contribution in [0.15, 0.2) is 53.7 Å². The third-order valence-corrected chi connectivity index (χ3v) is 7.41. The van der Waals surface area contributed by atoms with E-state index in [1.165, 1.54) is 36.6 Å². The van der Waals surface area contributed by atoms with E-state index >= 15 is 0 Å². The van der Waals surface area contributed by atoms with E-state index in [2.05, 4.69) is 37.1 Å². The number of piperidine rings is 1. The fraction of sp³-hybridized carbons (Fsp3) is 0.385. The van der Waals surface area contributed by atoms with E-state index in [0.717, 1.165) is 41.9 Å². The molecule has 3 heterocycles. The Labute approximate surface area is 203 Å². The maximum Gasteiger partial charge on any atom is 0.224 e. The predicted molar refractivity (Wildman–Crippen MR) is 133 cm³/mol. The lowest BCUT2D eigenvalue weighted by molar-refractivity contribution is -0.116. The second-order valence-corrected chi connectivity index (χ2v) is 9.88. The lowest BCUT2D eigenvalue weighted by Gasteiger charge is -2.26. The number of likely N-dealkylation sites (tertiary alicyclic amines) is 1. The average Bonchev–Trinajstić information content (AvgIpc) is 3.24. The Hall–Kier alpha value is -2.97. The Kier molecular flexibility index (Phi) is 7.06. The SMILES string of the molecule is O=C1CCc2cc(C(=O)CSc3nnc(CN4CCCCC4)n3Cc3ccccc3)ccc2N1. The minimum Gasteiger partial charge on any atom is -0.326 e. The second-order valence-electron chi connectivity index (χ2n) is 8.94. The molecule has 1 aromatic heterocycles. The number of Topliss-reactive ketones (excluding diaryl/α,β-unsaturated/α-hetero) is 1. The minimum atomic E-state index is 0.0280. The van der Waals surface area contributed by atoms with Crippen molar-refractivity contribution in [2.45, 2.75) is 50.4 Å². The molecule has 3 aromatic rings. The Morgan fingerprint density at radius 3 is 2.62 bits per heavy atom. The zero-order valence-corrected chi connectivity index (χ0v) is 20.0. The van der Waals surface area contributed by atoms with Crippen molar-refractivity contribution in [3.63, 3.8) is 0 Å². The van der Waals surface area contributed by atoms with Crippen LogP contribution in [0.25, 0.3) is 0 Å². The van der Waals surface area contributed by atoms with Crippen molar-refractivity contribution in [2.75, 3.05) is 24.2 Å². The molecule has 2 aliphatic heterocycles. The lowest BCUT2D eigenvalue weighted by Crippen LogP contribution is -2.30. The Bertz CT molecular complexity index is 1170. The zero-order valence-electron chi connectivity index (χ0n) is 19.2. The minimum absolute atomic E-state index is 0.0280. The number of ketones is 1. The van der Waals surface area contributed by atoms with Crippen LogP contribution in [-0.4, -0.2) is 50.2 Å². The topological polar surface area (TPSA) is 80.1 Å². The van der Waals surface area contributed by atoms with Gasteiger partial charge in [0.15, 0.2) is 10.9 Å². The monoisotopic (exact) mass is 475 g/mol. The van der Waals surface area contributed by atoms with Crippen LogP contribution in [0.5, 0.6) is 0 Å². The molecule has 0 unspecified atom stereocenters. The average molecular weight is 476 g/mol. The van der Waals surface area contributed by atoms with Crippen molar-refractivity contribution in [2.24, 2.45) is 0 Å². The number of benzene rings is 2. The van der Waals surface area contributed by atoms with Crippen LogP contribution >= 0.6 is 11.8 Å². The number of hydrogen-bond acceptors (Lipinski definition) is 6. The third kappa shape index (κ3) is 5.39. The largest absolute Gasteiger partial charge is 0.326 e. The first-order valence-electron chi connectivity index (χ1n) is 11.9. The number of nitrogens with one attached hydrogen (secondary N) is 1. The standard InChI is InChI=1S/C26H29N5O2S/c32-23(21-9-11-22-20(15-21)10-12-25(33)27-22)18-34-26-29-28-24(17-30-13-5-2-6-14-30)31(26)16-19-7-3-1-4-8-19/h1,3-4,7-9,11,15H,2,5-6,10,12-14,16-18H2,(H,27,33). The molecule has 0 atom stereocenters. The number of carbonyl (C=O) groups is 2. The highest BCUT2D eigenvalue weighted by atomic mass is 32.2. The van der Waals surface area contributed by atoms with Crippen molar-refractivity contribution in [1.82, 2.24) is 19.7 Å². The van der Waals surface area contributed by atoms with E-state index in [4.69, 9.17) is 0 Å². The number of hydrogen-bond donors (Lipinski definition) is 1. The van der Waals surface area contributed by atoms with Crippen molar-refractivity contribution < 1.29 is 9.59 Å². The smallest absolute Gasteiger partial charge is 0.224 e. The molecule has 0 aliphatic carbocycles. The van der Waals surface area contributed by atoms with E-state index in [9.17, 15) is 9.59 Å². The van der Waals surface area contributed by atoms with Gasteiger partial charge in [-0.1, -0.05) is 48.5 Å². The summed E-state index contributed by atoms with van der Waals surface area (Å²) in [4.78, 5) is 27.0. The first-order valence-corrected chi connectivity index (χ1v) is 12.9. The summed E-state index contributed by atoms with van der Waals surface area (Å²) in [6, 6.07) is 15.9. The van der Waals surface area contributed by atoms with Gasteiger partial charge in [0, 0.05) is 17.7 Å². The molecular formula is C26H29N5O2S. The van der Waals surface area contributed by atoms with Crippen LogP contribution in [-0.2, 0) is 24.3 Å². The maximum absolute atomic E-state index is 13.0. The van der Waals surface area contributed by atoms with Crippen molar-refractivity contribution in [3.05, 3.63) is 71.0 Å². The molecule has 1 fully saturated rings. The van der Waals surface area contributed by atoms with Gasteiger partial charge in [0.25, 0.3) is 0 Å². The highest BCUT2D eigenvalue weighted by Gasteiger charge is 2.20. The molecule has 1 saturated heterocycles. The van der Waals surface area contributed by atoms with E-state index in [1.807, 2.05) is 30.3 Å². The summed E-state index contributed by atoms with van der Waals surface area (Å²) in [5, 5.41) is 12.6. The van der Waals surface area contributed by atoms with Crippen LogP contribution < -0.4 is 5.32 Å².